The molecule has 1 aliphatic heterocycles. The highest BCUT2D eigenvalue weighted by Crippen LogP contribution is 2.42. The summed E-state index contributed by atoms with van der Waals surface area (Å²) in [5.41, 5.74) is 1.86. The third-order valence-electron chi connectivity index (χ3n) is 4.65. The minimum Gasteiger partial charge on any atom is -0.507 e. The first-order valence-corrected chi connectivity index (χ1v) is 9.02. The summed E-state index contributed by atoms with van der Waals surface area (Å²) in [4.78, 5) is 27.1. The van der Waals surface area contributed by atoms with E-state index in [9.17, 15) is 14.7 Å². The van der Waals surface area contributed by atoms with E-state index in [2.05, 4.69) is 0 Å². The molecule has 0 bridgehead atoms. The Hall–Kier alpha value is -3.31. The number of hydrogen-bond donors (Lipinski definition) is 1. The number of aryl methyl sites for hydroxylation is 1. The number of Topliss-reactive ketones (excluding diaryl/α,β-unsaturated/α-hetero) is 1. The lowest BCUT2D eigenvalue weighted by molar-refractivity contribution is -0.132. The number of benzene rings is 2. The van der Waals surface area contributed by atoms with Crippen molar-refractivity contribution in [2.75, 3.05) is 4.90 Å². The van der Waals surface area contributed by atoms with Crippen LogP contribution < -0.4 is 4.90 Å². The van der Waals surface area contributed by atoms with Gasteiger partial charge in [-0.15, -0.1) is 0 Å². The van der Waals surface area contributed by atoms with Crippen molar-refractivity contribution in [3.63, 3.8) is 0 Å². The first-order chi connectivity index (χ1) is 13.5. The van der Waals surface area contributed by atoms with Gasteiger partial charge in [0.25, 0.3) is 11.7 Å². The van der Waals surface area contributed by atoms with Crippen molar-refractivity contribution in [1.29, 1.82) is 0 Å². The van der Waals surface area contributed by atoms with Gasteiger partial charge in [-0.3, -0.25) is 14.5 Å². The highest BCUT2D eigenvalue weighted by molar-refractivity contribution is 6.51. The molecular formula is C22H16ClNO4. The molecule has 2 aromatic carbocycles. The average Bonchev–Trinajstić information content (AvgIpc) is 3.29. The molecule has 1 aliphatic rings. The SMILES string of the molecule is Cc1cccc(N2C(=O)C(=O)/C(=C(\O)c3ccc(Cl)cc3)C2c2ccco2)c1. The summed E-state index contributed by atoms with van der Waals surface area (Å²) in [5.74, 6) is -1.37. The van der Waals surface area contributed by atoms with Gasteiger partial charge in [-0.05, 0) is 61.0 Å². The first-order valence-electron chi connectivity index (χ1n) is 8.64. The standard InChI is InChI=1S/C22H16ClNO4/c1-13-4-2-5-16(12-13)24-19(17-6-3-11-28-17)18(21(26)22(24)27)20(25)14-7-9-15(23)10-8-14/h2-12,19,25H,1H3/b20-18-. The van der Waals surface area contributed by atoms with Crippen molar-refractivity contribution in [1.82, 2.24) is 0 Å². The van der Waals surface area contributed by atoms with Crippen LogP contribution in [0.4, 0.5) is 5.69 Å². The molecule has 1 fully saturated rings. The molecule has 2 heterocycles. The van der Waals surface area contributed by atoms with Crippen LogP contribution in [0.25, 0.3) is 5.76 Å². The Bertz CT molecular complexity index is 1080. The molecule has 140 valence electrons. The quantitative estimate of drug-likeness (QED) is 0.391. The zero-order valence-corrected chi connectivity index (χ0v) is 15.7. The zero-order chi connectivity index (χ0) is 19.8. The Balaban J connectivity index is 1.93. The predicted molar refractivity (Wildman–Crippen MR) is 106 cm³/mol. The van der Waals surface area contributed by atoms with Gasteiger partial charge >= 0.3 is 0 Å². The summed E-state index contributed by atoms with van der Waals surface area (Å²) >= 11 is 5.91. The van der Waals surface area contributed by atoms with Crippen LogP contribution in [0, 0.1) is 6.92 Å². The van der Waals surface area contributed by atoms with Crippen molar-refractivity contribution < 1.29 is 19.1 Å². The molecule has 1 unspecified atom stereocenters. The second-order valence-corrected chi connectivity index (χ2v) is 6.97. The third-order valence-corrected chi connectivity index (χ3v) is 4.91. The molecule has 0 aliphatic carbocycles. The molecule has 0 spiro atoms. The number of amides is 1. The number of furan rings is 1. The lowest BCUT2D eigenvalue weighted by Gasteiger charge is -2.23. The van der Waals surface area contributed by atoms with Gasteiger partial charge in [0.2, 0.25) is 0 Å². The van der Waals surface area contributed by atoms with Gasteiger partial charge in [0, 0.05) is 16.3 Å². The Morgan fingerprint density at radius 3 is 2.46 bits per heavy atom. The first kappa shape index (κ1) is 18.1. The molecule has 3 aromatic rings. The van der Waals surface area contributed by atoms with Gasteiger partial charge in [-0.2, -0.15) is 0 Å². The fraction of sp³-hybridized carbons (Fsp3) is 0.0909. The maximum atomic E-state index is 12.9. The monoisotopic (exact) mass is 393 g/mol. The normalized spacial score (nSPS) is 18.6. The largest absolute Gasteiger partial charge is 0.507 e. The molecular weight excluding hydrogens is 378 g/mol. The summed E-state index contributed by atoms with van der Waals surface area (Å²) in [6.45, 7) is 1.90. The smallest absolute Gasteiger partial charge is 0.300 e. The van der Waals surface area contributed by atoms with E-state index in [-0.39, 0.29) is 11.3 Å². The van der Waals surface area contributed by atoms with Crippen LogP contribution in [0.3, 0.4) is 0 Å². The number of halogens is 1. The van der Waals surface area contributed by atoms with E-state index in [4.69, 9.17) is 16.0 Å². The summed E-state index contributed by atoms with van der Waals surface area (Å²) in [7, 11) is 0. The molecule has 0 radical (unpaired) electrons. The zero-order valence-electron chi connectivity index (χ0n) is 14.9. The van der Waals surface area contributed by atoms with Gasteiger partial charge in [0.05, 0.1) is 11.8 Å². The molecule has 4 rings (SSSR count). The number of nitrogens with zero attached hydrogens (tertiary/aromatic N) is 1. The fourth-order valence-corrected chi connectivity index (χ4v) is 3.48. The van der Waals surface area contributed by atoms with Gasteiger partial charge in [0.1, 0.15) is 17.6 Å². The van der Waals surface area contributed by atoms with Crippen molar-refractivity contribution in [3.8, 4) is 0 Å². The Morgan fingerprint density at radius 1 is 1.07 bits per heavy atom. The highest BCUT2D eigenvalue weighted by atomic mass is 35.5. The number of ketones is 1. The minimum absolute atomic E-state index is 0.0243. The summed E-state index contributed by atoms with van der Waals surface area (Å²) in [5, 5.41) is 11.4. The number of rotatable bonds is 3. The van der Waals surface area contributed by atoms with Gasteiger partial charge in [0.15, 0.2) is 0 Å². The van der Waals surface area contributed by atoms with Crippen LogP contribution in [0.2, 0.25) is 5.02 Å². The van der Waals surface area contributed by atoms with E-state index in [1.807, 2.05) is 25.1 Å². The van der Waals surface area contributed by atoms with Crippen molar-refractivity contribution in [3.05, 3.63) is 94.4 Å². The lowest BCUT2D eigenvalue weighted by atomic mass is 9.99. The molecule has 1 aromatic heterocycles. The minimum atomic E-state index is -0.868. The van der Waals surface area contributed by atoms with E-state index in [0.717, 1.165) is 5.56 Å². The summed E-state index contributed by atoms with van der Waals surface area (Å²) in [6, 6.07) is 16.1. The Kier molecular flexibility index (Phi) is 4.53. The molecule has 1 N–H and O–H groups in total. The van der Waals surface area contributed by atoms with Crippen LogP contribution in [-0.2, 0) is 9.59 Å². The van der Waals surface area contributed by atoms with E-state index in [0.29, 0.717) is 22.0 Å². The number of aliphatic hydroxyl groups excluding tert-OH is 1. The maximum absolute atomic E-state index is 12.9. The fourth-order valence-electron chi connectivity index (χ4n) is 3.36. The van der Waals surface area contributed by atoms with Crippen LogP contribution >= 0.6 is 11.6 Å². The van der Waals surface area contributed by atoms with Crippen LogP contribution in [0.15, 0.2) is 76.9 Å². The highest BCUT2D eigenvalue weighted by Gasteiger charge is 2.48. The van der Waals surface area contributed by atoms with E-state index >= 15 is 0 Å². The molecule has 0 saturated carbocycles. The van der Waals surface area contributed by atoms with E-state index < -0.39 is 17.7 Å². The Morgan fingerprint density at radius 2 is 1.82 bits per heavy atom. The second-order valence-electron chi connectivity index (χ2n) is 6.53. The van der Waals surface area contributed by atoms with E-state index in [1.165, 1.54) is 11.2 Å². The lowest BCUT2D eigenvalue weighted by Crippen LogP contribution is -2.29. The number of anilines is 1. The van der Waals surface area contributed by atoms with Crippen molar-refractivity contribution >= 4 is 34.7 Å². The topological polar surface area (TPSA) is 70.8 Å². The Labute approximate surface area is 166 Å². The predicted octanol–water partition coefficient (Wildman–Crippen LogP) is 4.87. The van der Waals surface area contributed by atoms with Crippen molar-refractivity contribution in [2.24, 2.45) is 0 Å². The van der Waals surface area contributed by atoms with E-state index in [1.54, 1.807) is 42.5 Å². The maximum Gasteiger partial charge on any atom is 0.300 e. The molecule has 1 amide bonds. The third kappa shape index (κ3) is 3.00. The van der Waals surface area contributed by atoms with Crippen LogP contribution in [0.1, 0.15) is 22.9 Å². The molecule has 5 nitrogen and oxygen atoms in total. The second kappa shape index (κ2) is 7.02. The van der Waals surface area contributed by atoms with Gasteiger partial charge < -0.3 is 9.52 Å². The van der Waals surface area contributed by atoms with Crippen molar-refractivity contribution in [2.45, 2.75) is 13.0 Å². The number of aliphatic hydroxyl groups is 1. The van der Waals surface area contributed by atoms with Gasteiger partial charge in [-0.25, -0.2) is 0 Å². The van der Waals surface area contributed by atoms with Crippen LogP contribution in [0.5, 0.6) is 0 Å². The molecule has 1 atom stereocenters. The number of hydrogen-bond acceptors (Lipinski definition) is 4. The number of carbonyl (C=O) groups excluding carboxylic acids is 2. The van der Waals surface area contributed by atoms with Crippen LogP contribution in [-0.4, -0.2) is 16.8 Å². The summed E-state index contributed by atoms with van der Waals surface area (Å²) in [6.07, 6.45) is 1.47. The molecule has 6 heteroatoms. The molecule has 1 saturated heterocycles. The average molecular weight is 394 g/mol. The molecule has 28 heavy (non-hydrogen) atoms. The van der Waals surface area contributed by atoms with Gasteiger partial charge in [-0.1, -0.05) is 23.7 Å². The summed E-state index contributed by atoms with van der Waals surface area (Å²) < 4.78 is 5.52. The number of carbonyl (C=O) groups is 2.